The van der Waals surface area contributed by atoms with E-state index in [1.165, 1.54) is 6.07 Å². The number of hydrogen-bond acceptors (Lipinski definition) is 3. The summed E-state index contributed by atoms with van der Waals surface area (Å²) in [5.74, 6) is 0.562. The van der Waals surface area contributed by atoms with Gasteiger partial charge in [0, 0.05) is 10.9 Å². The predicted octanol–water partition coefficient (Wildman–Crippen LogP) is 3.46. The topological polar surface area (TPSA) is 52.4 Å². The van der Waals surface area contributed by atoms with Gasteiger partial charge in [-0.25, -0.2) is 0 Å². The standard InChI is InChI=1S/C11H14BrNO3/c1-9-4-5-10(8-11(9)13(14)15)16-7-3-2-6-12/h4-5,8H,2-3,6-7H2,1H3. The molecule has 5 heteroatoms. The zero-order valence-electron chi connectivity index (χ0n) is 9.11. The Morgan fingerprint density at radius 1 is 1.44 bits per heavy atom. The van der Waals surface area contributed by atoms with E-state index in [-0.39, 0.29) is 10.6 Å². The molecule has 0 radical (unpaired) electrons. The Bertz CT molecular complexity index is 368. The Balaban J connectivity index is 2.61. The average Bonchev–Trinajstić information content (AvgIpc) is 2.26. The van der Waals surface area contributed by atoms with E-state index in [9.17, 15) is 10.1 Å². The molecule has 88 valence electrons. The van der Waals surface area contributed by atoms with Crippen LogP contribution in [0, 0.1) is 17.0 Å². The quantitative estimate of drug-likeness (QED) is 0.348. The van der Waals surface area contributed by atoms with E-state index in [4.69, 9.17) is 4.74 Å². The van der Waals surface area contributed by atoms with Gasteiger partial charge in [0.25, 0.3) is 5.69 Å². The lowest BCUT2D eigenvalue weighted by atomic mass is 10.2. The van der Waals surface area contributed by atoms with E-state index in [2.05, 4.69) is 15.9 Å². The van der Waals surface area contributed by atoms with Gasteiger partial charge in [0.1, 0.15) is 5.75 Å². The van der Waals surface area contributed by atoms with Crippen LogP contribution in [0.25, 0.3) is 0 Å². The van der Waals surface area contributed by atoms with Crippen molar-refractivity contribution in [2.24, 2.45) is 0 Å². The Labute approximate surface area is 103 Å². The molecule has 0 amide bonds. The Morgan fingerprint density at radius 2 is 2.19 bits per heavy atom. The van der Waals surface area contributed by atoms with E-state index in [0.29, 0.717) is 17.9 Å². The lowest BCUT2D eigenvalue weighted by Gasteiger charge is -2.06. The molecular formula is C11H14BrNO3. The summed E-state index contributed by atoms with van der Waals surface area (Å²) in [6, 6.07) is 4.94. The van der Waals surface area contributed by atoms with Crippen molar-refractivity contribution in [2.45, 2.75) is 19.8 Å². The Hall–Kier alpha value is -1.10. The van der Waals surface area contributed by atoms with Gasteiger partial charge in [-0.15, -0.1) is 0 Å². The first-order valence-corrected chi connectivity index (χ1v) is 6.21. The number of nitro groups is 1. The summed E-state index contributed by atoms with van der Waals surface area (Å²) in [4.78, 5) is 10.3. The summed E-state index contributed by atoms with van der Waals surface area (Å²) in [5, 5.41) is 11.6. The third-order valence-corrected chi connectivity index (χ3v) is 2.73. The largest absolute Gasteiger partial charge is 0.493 e. The third kappa shape index (κ3) is 3.81. The van der Waals surface area contributed by atoms with Crippen molar-refractivity contribution in [3.05, 3.63) is 33.9 Å². The smallest absolute Gasteiger partial charge is 0.275 e. The number of hydrogen-bond donors (Lipinski definition) is 0. The molecule has 1 aromatic carbocycles. The zero-order valence-corrected chi connectivity index (χ0v) is 10.7. The molecule has 0 bridgehead atoms. The SMILES string of the molecule is Cc1ccc(OCCCCBr)cc1[N+](=O)[O-]. The minimum absolute atomic E-state index is 0.109. The van der Waals surface area contributed by atoms with Crippen molar-refractivity contribution in [3.63, 3.8) is 0 Å². The second-order valence-electron chi connectivity index (χ2n) is 3.45. The molecule has 0 N–H and O–H groups in total. The van der Waals surface area contributed by atoms with Crippen molar-refractivity contribution < 1.29 is 9.66 Å². The predicted molar refractivity (Wildman–Crippen MR) is 66.4 cm³/mol. The number of unbranched alkanes of at least 4 members (excludes halogenated alkanes) is 1. The van der Waals surface area contributed by atoms with Crippen LogP contribution in [0.3, 0.4) is 0 Å². The monoisotopic (exact) mass is 287 g/mol. The first-order valence-electron chi connectivity index (χ1n) is 5.09. The lowest BCUT2D eigenvalue weighted by molar-refractivity contribution is -0.385. The van der Waals surface area contributed by atoms with E-state index in [1.807, 2.05) is 0 Å². The molecule has 0 aliphatic heterocycles. The van der Waals surface area contributed by atoms with Gasteiger partial charge in [-0.3, -0.25) is 10.1 Å². The molecule has 1 aromatic rings. The van der Waals surface area contributed by atoms with Crippen LogP contribution in [0.4, 0.5) is 5.69 Å². The van der Waals surface area contributed by atoms with Crippen molar-refractivity contribution in [2.75, 3.05) is 11.9 Å². The highest BCUT2D eigenvalue weighted by atomic mass is 79.9. The molecule has 0 saturated heterocycles. The van der Waals surface area contributed by atoms with E-state index in [0.717, 1.165) is 18.2 Å². The van der Waals surface area contributed by atoms with Crippen LogP contribution in [0.15, 0.2) is 18.2 Å². The molecular weight excluding hydrogens is 274 g/mol. The third-order valence-electron chi connectivity index (χ3n) is 2.17. The van der Waals surface area contributed by atoms with Crippen LogP contribution in [-0.4, -0.2) is 16.9 Å². The van der Waals surface area contributed by atoms with Gasteiger partial charge in [0.2, 0.25) is 0 Å². The van der Waals surface area contributed by atoms with Crippen molar-refractivity contribution in [3.8, 4) is 5.75 Å². The fourth-order valence-corrected chi connectivity index (χ4v) is 1.66. The maximum absolute atomic E-state index is 10.7. The molecule has 16 heavy (non-hydrogen) atoms. The molecule has 0 spiro atoms. The minimum Gasteiger partial charge on any atom is -0.493 e. The lowest BCUT2D eigenvalue weighted by Crippen LogP contribution is -1.99. The van der Waals surface area contributed by atoms with Crippen LogP contribution >= 0.6 is 15.9 Å². The van der Waals surface area contributed by atoms with E-state index >= 15 is 0 Å². The van der Waals surface area contributed by atoms with E-state index in [1.54, 1.807) is 19.1 Å². The van der Waals surface area contributed by atoms with Crippen molar-refractivity contribution >= 4 is 21.6 Å². The van der Waals surface area contributed by atoms with E-state index < -0.39 is 0 Å². The Morgan fingerprint density at radius 3 is 2.81 bits per heavy atom. The van der Waals surface area contributed by atoms with Gasteiger partial charge in [-0.2, -0.15) is 0 Å². The summed E-state index contributed by atoms with van der Waals surface area (Å²) in [6.45, 7) is 2.30. The maximum Gasteiger partial charge on any atom is 0.275 e. The van der Waals surface area contributed by atoms with Gasteiger partial charge in [-0.05, 0) is 31.9 Å². The number of aryl methyl sites for hydroxylation is 1. The molecule has 0 fully saturated rings. The molecule has 0 atom stereocenters. The fraction of sp³-hybridized carbons (Fsp3) is 0.455. The first-order chi connectivity index (χ1) is 7.65. The van der Waals surface area contributed by atoms with Crippen LogP contribution < -0.4 is 4.74 Å². The molecule has 1 rings (SSSR count). The molecule has 0 aromatic heterocycles. The zero-order chi connectivity index (χ0) is 12.0. The number of nitrogens with zero attached hydrogens (tertiary/aromatic N) is 1. The minimum atomic E-state index is -0.388. The van der Waals surface area contributed by atoms with Crippen LogP contribution in [0.1, 0.15) is 18.4 Å². The van der Waals surface area contributed by atoms with Gasteiger partial charge in [-0.1, -0.05) is 15.9 Å². The fourth-order valence-electron chi connectivity index (χ4n) is 1.26. The number of halogens is 1. The summed E-state index contributed by atoms with van der Waals surface area (Å²) < 4.78 is 5.43. The number of alkyl halides is 1. The number of ether oxygens (including phenoxy) is 1. The summed E-state index contributed by atoms with van der Waals surface area (Å²) >= 11 is 3.33. The van der Waals surface area contributed by atoms with Crippen LogP contribution in [0.2, 0.25) is 0 Å². The van der Waals surface area contributed by atoms with Crippen molar-refractivity contribution in [1.82, 2.24) is 0 Å². The highest BCUT2D eigenvalue weighted by Crippen LogP contribution is 2.23. The van der Waals surface area contributed by atoms with Gasteiger partial charge in [0.15, 0.2) is 0 Å². The van der Waals surface area contributed by atoms with Crippen molar-refractivity contribution in [1.29, 1.82) is 0 Å². The number of nitro benzene ring substituents is 1. The second kappa shape index (κ2) is 6.48. The number of rotatable bonds is 6. The van der Waals surface area contributed by atoms with Gasteiger partial charge < -0.3 is 4.74 Å². The molecule has 0 unspecified atom stereocenters. The molecule has 0 aliphatic rings. The molecule has 0 aliphatic carbocycles. The summed E-state index contributed by atoms with van der Waals surface area (Å²) in [6.07, 6.45) is 1.97. The summed E-state index contributed by atoms with van der Waals surface area (Å²) in [7, 11) is 0. The van der Waals surface area contributed by atoms with Gasteiger partial charge in [0.05, 0.1) is 17.6 Å². The summed E-state index contributed by atoms with van der Waals surface area (Å²) in [5.41, 5.74) is 0.760. The first kappa shape index (κ1) is 13.0. The highest BCUT2D eigenvalue weighted by molar-refractivity contribution is 9.09. The average molecular weight is 288 g/mol. The maximum atomic E-state index is 10.7. The van der Waals surface area contributed by atoms with Gasteiger partial charge >= 0.3 is 0 Å². The molecule has 4 nitrogen and oxygen atoms in total. The molecule has 0 heterocycles. The number of benzene rings is 1. The van der Waals surface area contributed by atoms with Crippen LogP contribution in [0.5, 0.6) is 5.75 Å². The molecule has 0 saturated carbocycles. The normalized spacial score (nSPS) is 10.1. The highest BCUT2D eigenvalue weighted by Gasteiger charge is 2.11. The van der Waals surface area contributed by atoms with Crippen LogP contribution in [-0.2, 0) is 0 Å². The Kier molecular flexibility index (Phi) is 5.25. The second-order valence-corrected chi connectivity index (χ2v) is 4.24.